The quantitative estimate of drug-likeness (QED) is 0.843. The van der Waals surface area contributed by atoms with E-state index in [0.29, 0.717) is 6.04 Å². The van der Waals surface area contributed by atoms with Crippen LogP contribution in [0.1, 0.15) is 18.4 Å². The summed E-state index contributed by atoms with van der Waals surface area (Å²) in [6, 6.07) is 2.70. The molecule has 0 amide bonds. The molecule has 1 saturated heterocycles. The van der Waals surface area contributed by atoms with Crippen LogP contribution in [0.2, 0.25) is 0 Å². The van der Waals surface area contributed by atoms with Gasteiger partial charge in [0.05, 0.1) is 6.26 Å². The summed E-state index contributed by atoms with van der Waals surface area (Å²) in [4.78, 5) is 0. The fourth-order valence-electron chi connectivity index (χ4n) is 1.67. The summed E-state index contributed by atoms with van der Waals surface area (Å²) in [6.07, 6.45) is 5.52. The molecule has 0 saturated carbocycles. The van der Waals surface area contributed by atoms with E-state index in [-0.39, 0.29) is 0 Å². The highest BCUT2D eigenvalue weighted by atomic mass is 79.9. The zero-order valence-corrected chi connectivity index (χ0v) is 8.43. The highest BCUT2D eigenvalue weighted by Crippen LogP contribution is 2.17. The second-order valence-corrected chi connectivity index (χ2v) is 4.04. The summed E-state index contributed by atoms with van der Waals surface area (Å²) in [5.74, 6) is 0. The Morgan fingerprint density at radius 3 is 3.17 bits per heavy atom. The van der Waals surface area contributed by atoms with Crippen molar-refractivity contribution in [3.8, 4) is 0 Å². The van der Waals surface area contributed by atoms with E-state index in [1.54, 1.807) is 0 Å². The van der Waals surface area contributed by atoms with Gasteiger partial charge in [-0.1, -0.05) is 0 Å². The second-order valence-electron chi connectivity index (χ2n) is 3.26. The third-order valence-electron chi connectivity index (χ3n) is 2.27. The Balaban J connectivity index is 1.94. The zero-order valence-electron chi connectivity index (χ0n) is 6.85. The van der Waals surface area contributed by atoms with Gasteiger partial charge in [-0.25, -0.2) is 0 Å². The molecule has 1 aromatic heterocycles. The van der Waals surface area contributed by atoms with Gasteiger partial charge in [-0.15, -0.1) is 0 Å². The number of halogens is 1. The molecule has 0 aromatic carbocycles. The van der Waals surface area contributed by atoms with Gasteiger partial charge < -0.3 is 9.73 Å². The first-order valence-electron chi connectivity index (χ1n) is 4.31. The Labute approximate surface area is 80.5 Å². The second kappa shape index (κ2) is 3.62. The fourth-order valence-corrected chi connectivity index (χ4v) is 2.06. The van der Waals surface area contributed by atoms with Crippen molar-refractivity contribution in [3.63, 3.8) is 0 Å². The molecular formula is C9H12BrNO. The summed E-state index contributed by atoms with van der Waals surface area (Å²) >= 11 is 3.29. The summed E-state index contributed by atoms with van der Waals surface area (Å²) in [5, 5.41) is 3.46. The third-order valence-corrected chi connectivity index (χ3v) is 2.68. The van der Waals surface area contributed by atoms with Crippen LogP contribution in [-0.4, -0.2) is 12.6 Å². The van der Waals surface area contributed by atoms with Crippen molar-refractivity contribution in [2.45, 2.75) is 25.3 Å². The first-order valence-corrected chi connectivity index (χ1v) is 5.10. The molecule has 2 nitrogen and oxygen atoms in total. The van der Waals surface area contributed by atoms with E-state index in [9.17, 15) is 0 Å². The van der Waals surface area contributed by atoms with E-state index < -0.39 is 0 Å². The van der Waals surface area contributed by atoms with Gasteiger partial charge in [-0.3, -0.25) is 0 Å². The van der Waals surface area contributed by atoms with Crippen LogP contribution in [0.4, 0.5) is 0 Å². The molecule has 1 fully saturated rings. The Bertz CT molecular complexity index is 253. The van der Waals surface area contributed by atoms with E-state index in [4.69, 9.17) is 4.42 Å². The summed E-state index contributed by atoms with van der Waals surface area (Å²) < 4.78 is 5.99. The molecule has 12 heavy (non-hydrogen) atoms. The lowest BCUT2D eigenvalue weighted by Gasteiger charge is -2.06. The lowest BCUT2D eigenvalue weighted by molar-refractivity contribution is 0.533. The molecule has 0 radical (unpaired) electrons. The molecule has 1 atom stereocenters. The molecule has 66 valence electrons. The van der Waals surface area contributed by atoms with Gasteiger partial charge in [0.2, 0.25) is 0 Å². The first kappa shape index (κ1) is 8.32. The van der Waals surface area contributed by atoms with Gasteiger partial charge in [0.25, 0.3) is 0 Å². The topological polar surface area (TPSA) is 25.2 Å². The van der Waals surface area contributed by atoms with Crippen molar-refractivity contribution in [1.82, 2.24) is 5.32 Å². The van der Waals surface area contributed by atoms with Crippen molar-refractivity contribution < 1.29 is 4.42 Å². The van der Waals surface area contributed by atoms with Gasteiger partial charge in [0.1, 0.15) is 0 Å². The predicted octanol–water partition coefficient (Wildman–Crippen LogP) is 2.34. The predicted molar refractivity (Wildman–Crippen MR) is 51.1 cm³/mol. The van der Waals surface area contributed by atoms with E-state index in [1.807, 2.05) is 12.3 Å². The van der Waals surface area contributed by atoms with Crippen molar-refractivity contribution in [3.05, 3.63) is 22.6 Å². The molecule has 1 unspecified atom stereocenters. The largest absolute Gasteiger partial charge is 0.457 e. The number of hydrogen-bond donors (Lipinski definition) is 1. The van der Waals surface area contributed by atoms with Crippen LogP contribution >= 0.6 is 15.9 Å². The van der Waals surface area contributed by atoms with Gasteiger partial charge in [-0.2, -0.15) is 0 Å². The first-order chi connectivity index (χ1) is 5.84. The normalized spacial score (nSPS) is 23.2. The highest BCUT2D eigenvalue weighted by Gasteiger charge is 2.14. The van der Waals surface area contributed by atoms with Gasteiger partial charge >= 0.3 is 0 Å². The SMILES string of the molecule is Brc1cc(CC2CCCN2)co1. The van der Waals surface area contributed by atoms with Crippen molar-refractivity contribution in [1.29, 1.82) is 0 Å². The number of nitrogens with one attached hydrogen (secondary N) is 1. The molecule has 1 aliphatic rings. The maximum Gasteiger partial charge on any atom is 0.169 e. The Morgan fingerprint density at radius 1 is 1.67 bits per heavy atom. The van der Waals surface area contributed by atoms with Crippen LogP contribution in [0.25, 0.3) is 0 Å². The minimum atomic E-state index is 0.662. The average molecular weight is 230 g/mol. The molecule has 0 bridgehead atoms. The molecular weight excluding hydrogens is 218 g/mol. The van der Waals surface area contributed by atoms with Crippen LogP contribution < -0.4 is 5.32 Å². The molecule has 1 aromatic rings. The fraction of sp³-hybridized carbons (Fsp3) is 0.556. The Hall–Kier alpha value is -0.280. The molecule has 0 spiro atoms. The minimum Gasteiger partial charge on any atom is -0.457 e. The van der Waals surface area contributed by atoms with Crippen molar-refractivity contribution in [2.75, 3.05) is 6.54 Å². The standard InChI is InChI=1S/C9H12BrNO/c10-9-5-7(6-12-9)4-8-2-1-3-11-8/h5-6,8,11H,1-4H2. The van der Waals surface area contributed by atoms with Crippen molar-refractivity contribution >= 4 is 15.9 Å². The molecule has 3 heteroatoms. The Kier molecular flexibility index (Phi) is 2.51. The molecule has 1 N–H and O–H groups in total. The summed E-state index contributed by atoms with van der Waals surface area (Å²) in [6.45, 7) is 1.17. The van der Waals surface area contributed by atoms with E-state index >= 15 is 0 Å². The Morgan fingerprint density at radius 2 is 2.58 bits per heavy atom. The zero-order chi connectivity index (χ0) is 8.39. The number of furan rings is 1. The van der Waals surface area contributed by atoms with Crippen LogP contribution in [0.3, 0.4) is 0 Å². The van der Waals surface area contributed by atoms with Gasteiger partial charge in [0.15, 0.2) is 4.67 Å². The molecule has 2 heterocycles. The molecule has 2 rings (SSSR count). The van der Waals surface area contributed by atoms with Crippen LogP contribution in [0.15, 0.2) is 21.4 Å². The van der Waals surface area contributed by atoms with Crippen LogP contribution in [0.5, 0.6) is 0 Å². The van der Waals surface area contributed by atoms with Gasteiger partial charge in [-0.05, 0) is 53.4 Å². The smallest absolute Gasteiger partial charge is 0.169 e. The maximum absolute atomic E-state index is 5.16. The summed E-state index contributed by atoms with van der Waals surface area (Å²) in [5.41, 5.74) is 1.28. The van der Waals surface area contributed by atoms with Crippen LogP contribution in [0, 0.1) is 0 Å². The van der Waals surface area contributed by atoms with Gasteiger partial charge in [0, 0.05) is 6.04 Å². The molecule has 1 aliphatic heterocycles. The highest BCUT2D eigenvalue weighted by molar-refractivity contribution is 9.10. The maximum atomic E-state index is 5.16. The van der Waals surface area contributed by atoms with E-state index in [1.165, 1.54) is 24.9 Å². The lowest BCUT2D eigenvalue weighted by atomic mass is 10.1. The number of rotatable bonds is 2. The summed E-state index contributed by atoms with van der Waals surface area (Å²) in [7, 11) is 0. The third kappa shape index (κ3) is 1.90. The van der Waals surface area contributed by atoms with E-state index in [2.05, 4.69) is 21.2 Å². The van der Waals surface area contributed by atoms with E-state index in [0.717, 1.165) is 11.1 Å². The minimum absolute atomic E-state index is 0.662. The van der Waals surface area contributed by atoms with Crippen molar-refractivity contribution in [2.24, 2.45) is 0 Å². The van der Waals surface area contributed by atoms with Crippen LogP contribution in [-0.2, 0) is 6.42 Å². The number of hydrogen-bond acceptors (Lipinski definition) is 2. The lowest BCUT2D eigenvalue weighted by Crippen LogP contribution is -2.23. The monoisotopic (exact) mass is 229 g/mol. The molecule has 0 aliphatic carbocycles. The average Bonchev–Trinajstić information content (AvgIpc) is 2.63.